The zero-order valence-electron chi connectivity index (χ0n) is 14.7. The molecule has 25 heavy (non-hydrogen) atoms. The van der Waals surface area contributed by atoms with Crippen LogP contribution in [0.5, 0.6) is 0 Å². The van der Waals surface area contributed by atoms with Gasteiger partial charge >= 0.3 is 0 Å². The SMILES string of the molecule is CC1CCN(C[C@@]2(O)CCCN(Cc3cccc(F)c3F)C2=O)CC1. The molecule has 1 N–H and O–H groups in total. The van der Waals surface area contributed by atoms with Gasteiger partial charge in [0.2, 0.25) is 0 Å². The van der Waals surface area contributed by atoms with Crippen LogP contribution >= 0.6 is 0 Å². The van der Waals surface area contributed by atoms with Crippen molar-refractivity contribution < 1.29 is 18.7 Å². The monoisotopic (exact) mass is 352 g/mol. The first-order valence-corrected chi connectivity index (χ1v) is 9.06. The minimum Gasteiger partial charge on any atom is -0.379 e. The Kier molecular flexibility index (Phi) is 5.39. The third-order valence-corrected chi connectivity index (χ3v) is 5.46. The molecule has 6 heteroatoms. The van der Waals surface area contributed by atoms with Crippen molar-refractivity contribution in [2.45, 2.75) is 44.8 Å². The summed E-state index contributed by atoms with van der Waals surface area (Å²) in [5.74, 6) is -1.53. The molecule has 0 spiro atoms. The van der Waals surface area contributed by atoms with Gasteiger partial charge in [-0.05, 0) is 50.8 Å². The van der Waals surface area contributed by atoms with Crippen LogP contribution in [-0.2, 0) is 11.3 Å². The Hall–Kier alpha value is -1.53. The van der Waals surface area contributed by atoms with E-state index in [2.05, 4.69) is 11.8 Å². The molecule has 0 radical (unpaired) electrons. The lowest BCUT2D eigenvalue weighted by Crippen LogP contribution is -2.59. The largest absolute Gasteiger partial charge is 0.379 e. The van der Waals surface area contributed by atoms with E-state index in [1.165, 1.54) is 17.0 Å². The highest BCUT2D eigenvalue weighted by Crippen LogP contribution is 2.28. The first kappa shape index (κ1) is 18.3. The Morgan fingerprint density at radius 2 is 1.96 bits per heavy atom. The summed E-state index contributed by atoms with van der Waals surface area (Å²) in [6.45, 7) is 4.74. The highest BCUT2D eigenvalue weighted by atomic mass is 19.2. The normalized spacial score (nSPS) is 26.2. The summed E-state index contributed by atoms with van der Waals surface area (Å²) in [6.07, 6.45) is 3.22. The van der Waals surface area contributed by atoms with Crippen molar-refractivity contribution in [3.05, 3.63) is 35.4 Å². The molecule has 1 amide bonds. The molecule has 1 aromatic rings. The number of hydrogen-bond donors (Lipinski definition) is 1. The van der Waals surface area contributed by atoms with Gasteiger partial charge in [-0.15, -0.1) is 0 Å². The van der Waals surface area contributed by atoms with E-state index in [1.807, 2.05) is 0 Å². The number of likely N-dealkylation sites (tertiary alicyclic amines) is 2. The smallest absolute Gasteiger partial charge is 0.256 e. The molecule has 0 aromatic heterocycles. The molecule has 4 nitrogen and oxygen atoms in total. The minimum absolute atomic E-state index is 0.0121. The quantitative estimate of drug-likeness (QED) is 0.906. The van der Waals surface area contributed by atoms with Crippen molar-refractivity contribution in [2.75, 3.05) is 26.2 Å². The Balaban J connectivity index is 1.68. The molecule has 2 aliphatic rings. The van der Waals surface area contributed by atoms with Gasteiger partial charge in [0.1, 0.15) is 0 Å². The van der Waals surface area contributed by atoms with Crippen LogP contribution in [0.3, 0.4) is 0 Å². The fourth-order valence-electron chi connectivity index (χ4n) is 3.83. The second-order valence-corrected chi connectivity index (χ2v) is 7.53. The number of benzene rings is 1. The molecule has 1 atom stereocenters. The summed E-state index contributed by atoms with van der Waals surface area (Å²) >= 11 is 0. The summed E-state index contributed by atoms with van der Waals surface area (Å²) in [7, 11) is 0. The maximum Gasteiger partial charge on any atom is 0.256 e. The molecule has 0 aliphatic carbocycles. The number of nitrogens with zero attached hydrogens (tertiary/aromatic N) is 2. The van der Waals surface area contributed by atoms with Gasteiger partial charge in [0.05, 0.1) is 0 Å². The van der Waals surface area contributed by atoms with Crippen LogP contribution in [0.25, 0.3) is 0 Å². The number of carbonyl (C=O) groups excluding carboxylic acids is 1. The third-order valence-electron chi connectivity index (χ3n) is 5.46. The first-order chi connectivity index (χ1) is 11.9. The second-order valence-electron chi connectivity index (χ2n) is 7.53. The van der Waals surface area contributed by atoms with Gasteiger partial charge in [-0.3, -0.25) is 9.69 Å². The maximum atomic E-state index is 13.9. The van der Waals surface area contributed by atoms with Crippen molar-refractivity contribution in [1.29, 1.82) is 0 Å². The number of rotatable bonds is 4. The fourth-order valence-corrected chi connectivity index (χ4v) is 3.83. The van der Waals surface area contributed by atoms with E-state index < -0.39 is 17.2 Å². The summed E-state index contributed by atoms with van der Waals surface area (Å²) in [5.41, 5.74) is -1.28. The molecular weight excluding hydrogens is 326 g/mol. The zero-order chi connectivity index (χ0) is 18.0. The van der Waals surface area contributed by atoms with E-state index in [9.17, 15) is 18.7 Å². The van der Waals surface area contributed by atoms with Crippen molar-refractivity contribution in [2.24, 2.45) is 5.92 Å². The molecule has 2 heterocycles. The van der Waals surface area contributed by atoms with Crippen molar-refractivity contribution in [3.63, 3.8) is 0 Å². The summed E-state index contributed by atoms with van der Waals surface area (Å²) in [6, 6.07) is 3.97. The number of amides is 1. The Morgan fingerprint density at radius 1 is 1.24 bits per heavy atom. The lowest BCUT2D eigenvalue weighted by molar-refractivity contribution is -0.160. The highest BCUT2D eigenvalue weighted by molar-refractivity contribution is 5.86. The maximum absolute atomic E-state index is 13.9. The van der Waals surface area contributed by atoms with Gasteiger partial charge in [-0.25, -0.2) is 8.78 Å². The topological polar surface area (TPSA) is 43.8 Å². The van der Waals surface area contributed by atoms with E-state index in [1.54, 1.807) is 0 Å². The zero-order valence-corrected chi connectivity index (χ0v) is 14.7. The highest BCUT2D eigenvalue weighted by Gasteiger charge is 2.43. The summed E-state index contributed by atoms with van der Waals surface area (Å²) < 4.78 is 27.3. The van der Waals surface area contributed by atoms with E-state index in [4.69, 9.17) is 0 Å². The molecule has 3 rings (SSSR count). The predicted octanol–water partition coefficient (Wildman–Crippen LogP) is 2.55. The van der Waals surface area contributed by atoms with Gasteiger partial charge in [0.15, 0.2) is 17.2 Å². The van der Waals surface area contributed by atoms with Gasteiger partial charge in [-0.1, -0.05) is 19.1 Å². The number of β-amino-alcohol motifs (C(OH)–C–C–N with tert-alkyl or cyclic N) is 1. The molecule has 0 bridgehead atoms. The number of piperidine rings is 2. The van der Waals surface area contributed by atoms with Crippen LogP contribution < -0.4 is 0 Å². The van der Waals surface area contributed by atoms with Crippen LogP contribution in [0.4, 0.5) is 8.78 Å². The number of halogens is 2. The van der Waals surface area contributed by atoms with Gasteiger partial charge in [0.25, 0.3) is 5.91 Å². The Labute approximate surface area is 147 Å². The third kappa shape index (κ3) is 4.01. The molecule has 138 valence electrons. The molecule has 0 unspecified atom stereocenters. The average Bonchev–Trinajstić information content (AvgIpc) is 2.58. The fraction of sp³-hybridized carbons (Fsp3) is 0.632. The van der Waals surface area contributed by atoms with E-state index in [0.29, 0.717) is 31.8 Å². The Morgan fingerprint density at radius 3 is 2.68 bits per heavy atom. The van der Waals surface area contributed by atoms with Gasteiger partial charge in [0, 0.05) is 25.2 Å². The number of hydrogen-bond acceptors (Lipinski definition) is 3. The van der Waals surface area contributed by atoms with Crippen molar-refractivity contribution in [1.82, 2.24) is 9.80 Å². The minimum atomic E-state index is -1.43. The van der Waals surface area contributed by atoms with Gasteiger partial charge in [-0.2, -0.15) is 0 Å². The van der Waals surface area contributed by atoms with Crippen LogP contribution in [0.15, 0.2) is 18.2 Å². The Bertz CT molecular complexity index is 632. The average molecular weight is 352 g/mol. The summed E-state index contributed by atoms with van der Waals surface area (Å²) in [5, 5.41) is 10.9. The van der Waals surface area contributed by atoms with Crippen LogP contribution in [0.1, 0.15) is 38.2 Å². The van der Waals surface area contributed by atoms with Crippen molar-refractivity contribution >= 4 is 5.91 Å². The van der Waals surface area contributed by atoms with Gasteiger partial charge < -0.3 is 10.0 Å². The standard InChI is InChI=1S/C19H26F2N2O2/c1-14-6-10-22(11-7-14)13-19(25)8-3-9-23(18(19)24)12-15-4-2-5-16(20)17(15)21/h2,4-5,14,25H,3,6-13H2,1H3/t19-/m0/s1. The molecule has 2 aliphatic heterocycles. The lowest BCUT2D eigenvalue weighted by Gasteiger charge is -2.42. The van der Waals surface area contributed by atoms with E-state index in [0.717, 1.165) is 32.0 Å². The van der Waals surface area contributed by atoms with Crippen LogP contribution in [0.2, 0.25) is 0 Å². The van der Waals surface area contributed by atoms with Crippen LogP contribution in [-0.4, -0.2) is 52.6 Å². The van der Waals surface area contributed by atoms with E-state index >= 15 is 0 Å². The van der Waals surface area contributed by atoms with Crippen molar-refractivity contribution in [3.8, 4) is 0 Å². The predicted molar refractivity (Wildman–Crippen MR) is 90.8 cm³/mol. The van der Waals surface area contributed by atoms with Crippen LogP contribution in [0, 0.1) is 17.6 Å². The molecule has 2 saturated heterocycles. The summed E-state index contributed by atoms with van der Waals surface area (Å²) in [4.78, 5) is 16.4. The number of carbonyl (C=O) groups is 1. The first-order valence-electron chi connectivity index (χ1n) is 9.06. The second kappa shape index (κ2) is 7.38. The molecule has 0 saturated carbocycles. The lowest BCUT2D eigenvalue weighted by atomic mass is 9.89. The number of aliphatic hydroxyl groups is 1. The molecule has 2 fully saturated rings. The van der Waals surface area contributed by atoms with E-state index in [-0.39, 0.29) is 18.0 Å². The molecular formula is C19H26F2N2O2. The molecule has 1 aromatic carbocycles.